The average molecular weight is 470 g/mol. The second-order valence-electron chi connectivity index (χ2n) is 8.25. The number of nitrogens with one attached hydrogen (secondary N) is 1. The fourth-order valence-electron chi connectivity index (χ4n) is 4.20. The van der Waals surface area contributed by atoms with E-state index in [0.29, 0.717) is 39.4 Å². The molecule has 1 amide bonds. The van der Waals surface area contributed by atoms with Gasteiger partial charge in [-0.25, -0.2) is 4.98 Å². The summed E-state index contributed by atoms with van der Waals surface area (Å²) in [5.74, 6) is 2.11. The fraction of sp³-hybridized carbons (Fsp3) is 0.360. The number of halogens is 1. The van der Waals surface area contributed by atoms with Gasteiger partial charge in [-0.1, -0.05) is 18.5 Å². The molecule has 1 aliphatic heterocycles. The van der Waals surface area contributed by atoms with Gasteiger partial charge in [0.05, 0.1) is 37.6 Å². The minimum absolute atomic E-state index is 0.0750. The Morgan fingerprint density at radius 2 is 1.79 bits per heavy atom. The molecule has 0 radical (unpaired) electrons. The average Bonchev–Trinajstić information content (AvgIpc) is 2.82. The van der Waals surface area contributed by atoms with Crippen molar-refractivity contribution in [3.8, 4) is 17.2 Å². The maximum Gasteiger partial charge on any atom is 0.272 e. The highest BCUT2D eigenvalue weighted by Gasteiger charge is 2.24. The second-order valence-corrected chi connectivity index (χ2v) is 8.66. The summed E-state index contributed by atoms with van der Waals surface area (Å²) in [5.41, 5.74) is 2.49. The molecule has 7 nitrogen and oxygen atoms in total. The number of hydrogen-bond acceptors (Lipinski definition) is 6. The van der Waals surface area contributed by atoms with E-state index >= 15 is 0 Å². The number of carbonyl (C=O) groups is 1. The van der Waals surface area contributed by atoms with Crippen LogP contribution in [0, 0.1) is 5.92 Å². The quantitative estimate of drug-likeness (QED) is 0.511. The van der Waals surface area contributed by atoms with Gasteiger partial charge in [0.15, 0.2) is 11.5 Å². The van der Waals surface area contributed by atoms with Crippen molar-refractivity contribution in [2.75, 3.05) is 39.7 Å². The number of hydrogen-bond donors (Lipinski definition) is 1. The highest BCUT2D eigenvalue weighted by Crippen LogP contribution is 2.37. The van der Waals surface area contributed by atoms with Gasteiger partial charge in [0.25, 0.3) is 5.91 Å². The Hall–Kier alpha value is -3.19. The van der Waals surface area contributed by atoms with Crippen LogP contribution >= 0.6 is 11.6 Å². The van der Waals surface area contributed by atoms with Gasteiger partial charge < -0.3 is 24.4 Å². The SMILES string of the molecule is COc1ccc(Nc2cc(C(=O)N3CCC[C@H](C)C3)nc3cc(OC)c(OC)cc23)cc1Cl. The van der Waals surface area contributed by atoms with Crippen molar-refractivity contribution >= 4 is 39.8 Å². The Morgan fingerprint density at radius 1 is 1.06 bits per heavy atom. The first kappa shape index (κ1) is 23.0. The summed E-state index contributed by atoms with van der Waals surface area (Å²) < 4.78 is 16.2. The van der Waals surface area contributed by atoms with Crippen LogP contribution in [0.1, 0.15) is 30.3 Å². The third-order valence-corrected chi connectivity index (χ3v) is 6.20. The molecule has 1 fully saturated rings. The summed E-state index contributed by atoms with van der Waals surface area (Å²) in [5, 5.41) is 4.67. The number of benzene rings is 2. The van der Waals surface area contributed by atoms with Crippen molar-refractivity contribution < 1.29 is 19.0 Å². The zero-order valence-corrected chi connectivity index (χ0v) is 20.0. The van der Waals surface area contributed by atoms with Crippen LogP contribution in [-0.2, 0) is 0 Å². The normalized spacial score (nSPS) is 15.9. The molecule has 1 saturated heterocycles. The molecule has 1 atom stereocenters. The molecule has 8 heteroatoms. The number of anilines is 2. The predicted octanol–water partition coefficient (Wildman–Crippen LogP) is 5.53. The van der Waals surface area contributed by atoms with E-state index in [2.05, 4.69) is 12.2 Å². The number of methoxy groups -OCH3 is 3. The van der Waals surface area contributed by atoms with Crippen LogP contribution in [-0.4, -0.2) is 50.2 Å². The lowest BCUT2D eigenvalue weighted by atomic mass is 10.00. The van der Waals surface area contributed by atoms with Crippen LogP contribution in [0.25, 0.3) is 10.9 Å². The number of piperidine rings is 1. The van der Waals surface area contributed by atoms with Gasteiger partial charge in [-0.2, -0.15) is 0 Å². The number of pyridine rings is 1. The van der Waals surface area contributed by atoms with Crippen molar-refractivity contribution in [3.05, 3.63) is 47.1 Å². The molecule has 2 heterocycles. The molecule has 1 N–H and O–H groups in total. The molecule has 4 rings (SSSR count). The molecule has 0 bridgehead atoms. The molecule has 2 aromatic carbocycles. The molecule has 33 heavy (non-hydrogen) atoms. The van der Waals surface area contributed by atoms with Crippen molar-refractivity contribution in [1.29, 1.82) is 0 Å². The number of aromatic nitrogens is 1. The van der Waals surface area contributed by atoms with Crippen LogP contribution in [0.4, 0.5) is 11.4 Å². The van der Waals surface area contributed by atoms with Crippen molar-refractivity contribution in [2.24, 2.45) is 5.92 Å². The molecule has 1 aliphatic rings. The van der Waals surface area contributed by atoms with E-state index < -0.39 is 0 Å². The Morgan fingerprint density at radius 3 is 2.45 bits per heavy atom. The van der Waals surface area contributed by atoms with Crippen molar-refractivity contribution in [1.82, 2.24) is 9.88 Å². The first-order valence-corrected chi connectivity index (χ1v) is 11.3. The van der Waals surface area contributed by atoms with Gasteiger partial charge in [0.2, 0.25) is 0 Å². The Balaban J connectivity index is 1.81. The lowest BCUT2D eigenvalue weighted by molar-refractivity contribution is 0.0677. The molecule has 0 saturated carbocycles. The zero-order chi connectivity index (χ0) is 23.5. The lowest BCUT2D eigenvalue weighted by Crippen LogP contribution is -2.39. The smallest absolute Gasteiger partial charge is 0.272 e. The monoisotopic (exact) mass is 469 g/mol. The van der Waals surface area contributed by atoms with E-state index in [1.807, 2.05) is 17.0 Å². The molecule has 3 aromatic rings. The van der Waals surface area contributed by atoms with Crippen LogP contribution < -0.4 is 19.5 Å². The highest BCUT2D eigenvalue weighted by molar-refractivity contribution is 6.32. The molecule has 0 aliphatic carbocycles. The van der Waals surface area contributed by atoms with Gasteiger partial charge in [0, 0.05) is 30.2 Å². The Labute approximate surface area is 198 Å². The van der Waals surface area contributed by atoms with Crippen LogP contribution in [0.5, 0.6) is 17.2 Å². The Kier molecular flexibility index (Phi) is 6.79. The van der Waals surface area contributed by atoms with E-state index in [-0.39, 0.29) is 5.91 Å². The molecule has 0 spiro atoms. The van der Waals surface area contributed by atoms with E-state index in [1.54, 1.807) is 45.6 Å². The maximum absolute atomic E-state index is 13.4. The number of rotatable bonds is 6. The molecular formula is C25H28ClN3O4. The highest BCUT2D eigenvalue weighted by atomic mass is 35.5. The number of ether oxygens (including phenoxy) is 3. The minimum atomic E-state index is -0.0750. The Bertz CT molecular complexity index is 1180. The number of nitrogens with zero attached hydrogens (tertiary/aromatic N) is 2. The largest absolute Gasteiger partial charge is 0.495 e. The van der Waals surface area contributed by atoms with Crippen LogP contribution in [0.2, 0.25) is 5.02 Å². The minimum Gasteiger partial charge on any atom is -0.495 e. The first-order chi connectivity index (χ1) is 15.9. The van der Waals surface area contributed by atoms with E-state index in [9.17, 15) is 4.79 Å². The molecule has 0 unspecified atom stereocenters. The lowest BCUT2D eigenvalue weighted by Gasteiger charge is -2.30. The zero-order valence-electron chi connectivity index (χ0n) is 19.3. The molecular weight excluding hydrogens is 442 g/mol. The summed E-state index contributed by atoms with van der Waals surface area (Å²) in [6.45, 7) is 3.65. The number of carbonyl (C=O) groups excluding carboxylic acids is 1. The van der Waals surface area contributed by atoms with Gasteiger partial charge in [-0.3, -0.25) is 4.79 Å². The number of amides is 1. The van der Waals surface area contributed by atoms with E-state index in [1.165, 1.54) is 0 Å². The first-order valence-electron chi connectivity index (χ1n) is 10.9. The molecule has 1 aromatic heterocycles. The van der Waals surface area contributed by atoms with Crippen molar-refractivity contribution in [3.63, 3.8) is 0 Å². The summed E-state index contributed by atoms with van der Waals surface area (Å²) in [4.78, 5) is 19.9. The summed E-state index contributed by atoms with van der Waals surface area (Å²) >= 11 is 6.32. The van der Waals surface area contributed by atoms with Gasteiger partial charge in [-0.05, 0) is 49.1 Å². The molecule has 174 valence electrons. The maximum atomic E-state index is 13.4. The van der Waals surface area contributed by atoms with Gasteiger partial charge in [-0.15, -0.1) is 0 Å². The summed E-state index contributed by atoms with van der Waals surface area (Å²) in [6, 6.07) is 10.9. The number of fused-ring (bicyclic) bond motifs is 1. The summed E-state index contributed by atoms with van der Waals surface area (Å²) in [7, 11) is 4.74. The summed E-state index contributed by atoms with van der Waals surface area (Å²) in [6.07, 6.45) is 2.14. The second kappa shape index (κ2) is 9.75. The third-order valence-electron chi connectivity index (χ3n) is 5.91. The standard InChI is InChI=1S/C25H28ClN3O4/c1-15-6-5-9-29(14-15)25(30)21-12-19(27-16-7-8-22(31-2)18(26)10-16)17-11-23(32-3)24(33-4)13-20(17)28-21/h7-8,10-13,15H,5-6,9,14H2,1-4H3,(H,27,28)/t15-/m0/s1. The number of likely N-dealkylation sites (tertiary alicyclic amines) is 1. The fourth-order valence-corrected chi connectivity index (χ4v) is 4.46. The van der Waals surface area contributed by atoms with Crippen LogP contribution in [0.15, 0.2) is 36.4 Å². The van der Waals surface area contributed by atoms with Crippen molar-refractivity contribution in [2.45, 2.75) is 19.8 Å². The van der Waals surface area contributed by atoms with Gasteiger partial charge in [0.1, 0.15) is 11.4 Å². The van der Waals surface area contributed by atoms with E-state index in [0.717, 1.165) is 42.7 Å². The topological polar surface area (TPSA) is 72.9 Å². The third kappa shape index (κ3) is 4.78. The van der Waals surface area contributed by atoms with Gasteiger partial charge >= 0.3 is 0 Å². The van der Waals surface area contributed by atoms with Crippen LogP contribution in [0.3, 0.4) is 0 Å². The van der Waals surface area contributed by atoms with E-state index in [4.69, 9.17) is 30.8 Å². The predicted molar refractivity (Wildman–Crippen MR) is 130 cm³/mol.